The summed E-state index contributed by atoms with van der Waals surface area (Å²) in [5, 5.41) is 0. The van der Waals surface area contributed by atoms with Gasteiger partial charge in [-0.05, 0) is 31.2 Å². The number of amidine groups is 1. The molecule has 0 aliphatic rings. The Hall–Kier alpha value is -1.72. The summed E-state index contributed by atoms with van der Waals surface area (Å²) in [7, 11) is -2.14. The van der Waals surface area contributed by atoms with Gasteiger partial charge in [-0.2, -0.15) is 4.76 Å². The molecule has 0 spiro atoms. The van der Waals surface area contributed by atoms with Crippen LogP contribution in [0.1, 0.15) is 32.8 Å². The Morgan fingerprint density at radius 1 is 1.32 bits per heavy atom. The highest BCUT2D eigenvalue weighted by molar-refractivity contribution is 7.99. The predicted octanol–water partition coefficient (Wildman–Crippen LogP) is 4.20. The summed E-state index contributed by atoms with van der Waals surface area (Å²) in [5.41, 5.74) is 6.66. The van der Waals surface area contributed by atoms with Crippen molar-refractivity contribution in [3.8, 4) is 0 Å². The van der Waals surface area contributed by atoms with Crippen LogP contribution in [0.3, 0.4) is 0 Å². The Labute approximate surface area is 153 Å². The summed E-state index contributed by atoms with van der Waals surface area (Å²) < 4.78 is 26.7. The number of allylic oxidation sites excluding steroid dienone is 1. The highest BCUT2D eigenvalue weighted by Crippen LogP contribution is 2.50. The number of carbonyl (C=O) groups excluding carboxylic acids is 1. The standard InChI is InChI=1S/C17H25N2O4PS/c1-5-11-25-15-9-7-14(8-10-15)17(18)19-24(21,6-2)23-13(3)12-16(20)22-4/h7-10,12H,5-6,11H2,1-4H3,(H2,18,19,21). The van der Waals surface area contributed by atoms with E-state index < -0.39 is 13.5 Å². The molecule has 0 aliphatic heterocycles. The molecule has 0 bridgehead atoms. The van der Waals surface area contributed by atoms with Crippen LogP contribution in [0.15, 0.2) is 45.8 Å². The average Bonchev–Trinajstić information content (AvgIpc) is 2.59. The van der Waals surface area contributed by atoms with E-state index in [1.807, 2.05) is 24.3 Å². The zero-order valence-corrected chi connectivity index (χ0v) is 16.7. The molecule has 1 aromatic rings. The van der Waals surface area contributed by atoms with Gasteiger partial charge in [-0.3, -0.25) is 4.57 Å². The number of methoxy groups -OCH3 is 1. The van der Waals surface area contributed by atoms with E-state index in [-0.39, 0.29) is 17.8 Å². The molecule has 1 rings (SSSR count). The van der Waals surface area contributed by atoms with E-state index >= 15 is 0 Å². The zero-order chi connectivity index (χ0) is 18.9. The van der Waals surface area contributed by atoms with E-state index in [1.54, 1.807) is 18.7 Å². The Morgan fingerprint density at radius 2 is 1.96 bits per heavy atom. The second kappa shape index (κ2) is 10.3. The van der Waals surface area contributed by atoms with Crippen molar-refractivity contribution in [2.75, 3.05) is 19.0 Å². The van der Waals surface area contributed by atoms with Gasteiger partial charge >= 0.3 is 13.5 Å². The van der Waals surface area contributed by atoms with E-state index in [0.29, 0.717) is 5.56 Å². The Kier molecular flexibility index (Phi) is 8.79. The minimum absolute atomic E-state index is 0.142. The zero-order valence-electron chi connectivity index (χ0n) is 15.0. The quantitative estimate of drug-likeness (QED) is 0.130. The van der Waals surface area contributed by atoms with Crippen LogP contribution in [0.2, 0.25) is 0 Å². The van der Waals surface area contributed by atoms with Crippen molar-refractivity contribution < 1.29 is 18.6 Å². The van der Waals surface area contributed by atoms with Crippen LogP contribution in [-0.4, -0.2) is 30.8 Å². The topological polar surface area (TPSA) is 91.0 Å². The number of benzene rings is 1. The van der Waals surface area contributed by atoms with Crippen molar-refractivity contribution in [2.45, 2.75) is 32.1 Å². The first-order valence-corrected chi connectivity index (χ1v) is 10.7. The smallest absolute Gasteiger partial charge is 0.363 e. The number of nitrogens with zero attached hydrogens (tertiary/aromatic N) is 1. The number of ether oxygens (including phenoxy) is 1. The third-order valence-corrected chi connectivity index (χ3v) is 6.20. The normalized spacial score (nSPS) is 14.7. The first-order valence-electron chi connectivity index (χ1n) is 7.97. The summed E-state index contributed by atoms with van der Waals surface area (Å²) >= 11 is 1.76. The van der Waals surface area contributed by atoms with E-state index in [4.69, 9.17) is 10.3 Å². The highest BCUT2D eigenvalue weighted by Gasteiger charge is 2.22. The van der Waals surface area contributed by atoms with Crippen LogP contribution in [-0.2, 0) is 18.6 Å². The summed E-state index contributed by atoms with van der Waals surface area (Å²) in [4.78, 5) is 12.4. The fraction of sp³-hybridized carbons (Fsp3) is 0.412. The van der Waals surface area contributed by atoms with Crippen LogP contribution in [0.5, 0.6) is 0 Å². The lowest BCUT2D eigenvalue weighted by Crippen LogP contribution is -2.13. The molecule has 1 aromatic carbocycles. The lowest BCUT2D eigenvalue weighted by molar-refractivity contribution is -0.135. The van der Waals surface area contributed by atoms with Gasteiger partial charge in [0.05, 0.1) is 19.3 Å². The monoisotopic (exact) mass is 384 g/mol. The van der Waals surface area contributed by atoms with Crippen LogP contribution in [0.25, 0.3) is 0 Å². The van der Waals surface area contributed by atoms with Gasteiger partial charge in [0, 0.05) is 10.5 Å². The Morgan fingerprint density at radius 3 is 2.48 bits per heavy atom. The maximum absolute atomic E-state index is 12.8. The minimum Gasteiger partial charge on any atom is -0.466 e. The fourth-order valence-corrected chi connectivity index (χ4v) is 3.82. The van der Waals surface area contributed by atoms with Crippen molar-refractivity contribution in [1.29, 1.82) is 0 Å². The van der Waals surface area contributed by atoms with Crippen molar-refractivity contribution in [3.05, 3.63) is 41.7 Å². The molecule has 1 atom stereocenters. The van der Waals surface area contributed by atoms with Crippen molar-refractivity contribution in [2.24, 2.45) is 10.5 Å². The Balaban J connectivity index is 2.94. The van der Waals surface area contributed by atoms with E-state index in [0.717, 1.165) is 23.1 Å². The SMILES string of the molecule is CCCSc1ccc(C(N)=NP(=O)(CC)OC(C)=CC(=O)OC)cc1. The van der Waals surface area contributed by atoms with E-state index in [1.165, 1.54) is 14.0 Å². The molecule has 0 fully saturated rings. The van der Waals surface area contributed by atoms with Crippen LogP contribution in [0, 0.1) is 0 Å². The molecule has 1 unspecified atom stereocenters. The van der Waals surface area contributed by atoms with E-state index in [2.05, 4.69) is 16.4 Å². The maximum atomic E-state index is 12.8. The number of esters is 1. The van der Waals surface area contributed by atoms with Crippen molar-refractivity contribution in [1.82, 2.24) is 0 Å². The van der Waals surface area contributed by atoms with Gasteiger partial charge in [-0.25, -0.2) is 4.79 Å². The number of nitrogens with two attached hydrogens (primary N) is 1. The molecule has 0 amide bonds. The third-order valence-electron chi connectivity index (χ3n) is 3.09. The van der Waals surface area contributed by atoms with Crippen LogP contribution in [0.4, 0.5) is 0 Å². The molecule has 138 valence electrons. The molecule has 6 nitrogen and oxygen atoms in total. The van der Waals surface area contributed by atoms with Gasteiger partial charge < -0.3 is 15.0 Å². The molecule has 2 N–H and O–H groups in total. The van der Waals surface area contributed by atoms with Crippen molar-refractivity contribution in [3.63, 3.8) is 0 Å². The first kappa shape index (κ1) is 21.3. The molecule has 0 saturated heterocycles. The van der Waals surface area contributed by atoms with Gasteiger partial charge in [-0.15, -0.1) is 11.8 Å². The second-order valence-corrected chi connectivity index (χ2v) is 8.64. The molecule has 0 aromatic heterocycles. The Bertz CT molecular complexity index is 686. The number of thioether (sulfide) groups is 1. The number of carbonyl (C=O) groups is 1. The van der Waals surface area contributed by atoms with Gasteiger partial charge in [0.25, 0.3) is 0 Å². The highest BCUT2D eigenvalue weighted by atomic mass is 32.2. The van der Waals surface area contributed by atoms with Gasteiger partial charge in [0.15, 0.2) is 0 Å². The van der Waals surface area contributed by atoms with Crippen LogP contribution < -0.4 is 5.73 Å². The predicted molar refractivity (Wildman–Crippen MR) is 103 cm³/mol. The fourth-order valence-electron chi connectivity index (χ4n) is 1.80. The molecule has 0 heterocycles. The largest absolute Gasteiger partial charge is 0.466 e. The summed E-state index contributed by atoms with van der Waals surface area (Å²) in [6, 6.07) is 7.60. The lowest BCUT2D eigenvalue weighted by Gasteiger charge is -2.15. The molecule has 0 saturated carbocycles. The number of rotatable bonds is 9. The molecular weight excluding hydrogens is 359 g/mol. The average molecular weight is 384 g/mol. The summed E-state index contributed by atoms with van der Waals surface area (Å²) in [6.07, 6.45) is 2.38. The van der Waals surface area contributed by atoms with Gasteiger partial charge in [0.1, 0.15) is 11.6 Å². The number of hydrogen-bond donors (Lipinski definition) is 1. The molecule has 0 radical (unpaired) electrons. The minimum atomic E-state index is -3.39. The molecule has 8 heteroatoms. The number of hydrogen-bond acceptors (Lipinski definition) is 5. The molecular formula is C17H25N2O4PS. The van der Waals surface area contributed by atoms with Gasteiger partial charge in [0.2, 0.25) is 0 Å². The summed E-state index contributed by atoms with van der Waals surface area (Å²) in [6.45, 7) is 5.34. The van der Waals surface area contributed by atoms with Crippen LogP contribution >= 0.6 is 19.3 Å². The second-order valence-electron chi connectivity index (χ2n) is 5.18. The van der Waals surface area contributed by atoms with Gasteiger partial charge in [-0.1, -0.05) is 26.0 Å². The van der Waals surface area contributed by atoms with Crippen molar-refractivity contribution >= 4 is 31.1 Å². The molecule has 25 heavy (non-hydrogen) atoms. The lowest BCUT2D eigenvalue weighted by atomic mass is 10.2. The summed E-state index contributed by atoms with van der Waals surface area (Å²) in [5.74, 6) is 0.772. The maximum Gasteiger partial charge on any atom is 0.363 e. The third kappa shape index (κ3) is 7.36. The molecule has 0 aliphatic carbocycles. The van der Waals surface area contributed by atoms with E-state index in [9.17, 15) is 9.36 Å². The first-order chi connectivity index (χ1) is 11.8.